The molecule has 134 valence electrons. The molecule has 0 aliphatic heterocycles. The van der Waals surface area contributed by atoms with Gasteiger partial charge in [-0.25, -0.2) is 4.68 Å². The first-order chi connectivity index (χ1) is 12.5. The van der Waals surface area contributed by atoms with Gasteiger partial charge in [-0.1, -0.05) is 49.2 Å². The third-order valence-electron chi connectivity index (χ3n) is 4.18. The predicted molar refractivity (Wildman–Crippen MR) is 105 cm³/mol. The van der Waals surface area contributed by atoms with Crippen molar-refractivity contribution in [3.8, 4) is 0 Å². The molecular formula is C20H20ClN3O2. The van der Waals surface area contributed by atoms with Crippen LogP contribution in [0, 0.1) is 6.92 Å². The van der Waals surface area contributed by atoms with Crippen molar-refractivity contribution in [2.24, 2.45) is 0 Å². The van der Waals surface area contributed by atoms with Crippen LogP contribution in [0.5, 0.6) is 0 Å². The smallest absolute Gasteiger partial charge is 0.276 e. The fourth-order valence-electron chi connectivity index (χ4n) is 2.77. The summed E-state index contributed by atoms with van der Waals surface area (Å²) in [5, 5.41) is 8.61. The first-order valence-corrected chi connectivity index (χ1v) is 8.96. The highest BCUT2D eigenvalue weighted by Crippen LogP contribution is 2.24. The van der Waals surface area contributed by atoms with Crippen molar-refractivity contribution < 1.29 is 4.79 Å². The molecule has 0 bridgehead atoms. The summed E-state index contributed by atoms with van der Waals surface area (Å²) in [6.07, 6.45) is 1.75. The molecule has 5 nitrogen and oxygen atoms in total. The molecule has 0 atom stereocenters. The van der Waals surface area contributed by atoms with E-state index < -0.39 is 5.91 Å². The van der Waals surface area contributed by atoms with E-state index in [1.54, 1.807) is 36.4 Å². The van der Waals surface area contributed by atoms with Crippen LogP contribution in [0.15, 0.2) is 47.3 Å². The number of aromatic nitrogens is 2. The molecule has 3 rings (SSSR count). The van der Waals surface area contributed by atoms with Crippen LogP contribution in [0.3, 0.4) is 0 Å². The number of fused-ring (bicyclic) bond motifs is 1. The number of hydrogen-bond donors (Lipinski definition) is 1. The van der Waals surface area contributed by atoms with Crippen LogP contribution in [0.25, 0.3) is 10.8 Å². The van der Waals surface area contributed by atoms with Crippen molar-refractivity contribution in [1.82, 2.24) is 9.78 Å². The molecule has 1 heterocycles. The monoisotopic (exact) mass is 369 g/mol. The van der Waals surface area contributed by atoms with Gasteiger partial charge in [-0.2, -0.15) is 5.10 Å². The van der Waals surface area contributed by atoms with Crippen molar-refractivity contribution >= 4 is 34.0 Å². The first kappa shape index (κ1) is 18.1. The van der Waals surface area contributed by atoms with Crippen LogP contribution in [-0.4, -0.2) is 15.7 Å². The lowest BCUT2D eigenvalue weighted by molar-refractivity contribution is 0.102. The van der Waals surface area contributed by atoms with Crippen molar-refractivity contribution in [3.05, 3.63) is 69.1 Å². The molecule has 26 heavy (non-hydrogen) atoms. The van der Waals surface area contributed by atoms with Crippen LogP contribution >= 0.6 is 11.6 Å². The minimum atomic E-state index is -0.391. The summed E-state index contributed by atoms with van der Waals surface area (Å²) < 4.78 is 1.37. The Bertz CT molecular complexity index is 1030. The van der Waals surface area contributed by atoms with Crippen molar-refractivity contribution in [1.29, 1.82) is 0 Å². The molecule has 0 fully saturated rings. The first-order valence-electron chi connectivity index (χ1n) is 8.58. The highest BCUT2D eigenvalue weighted by atomic mass is 35.5. The normalized spacial score (nSPS) is 10.9. The molecule has 0 radical (unpaired) electrons. The average molecular weight is 370 g/mol. The molecule has 1 N–H and O–H groups in total. The van der Waals surface area contributed by atoms with E-state index in [2.05, 4.69) is 10.4 Å². The highest BCUT2D eigenvalue weighted by Gasteiger charge is 2.17. The number of carbonyl (C=O) groups is 1. The van der Waals surface area contributed by atoms with E-state index in [1.807, 2.05) is 19.9 Å². The second-order valence-electron chi connectivity index (χ2n) is 6.21. The van der Waals surface area contributed by atoms with Gasteiger partial charge in [0.25, 0.3) is 11.5 Å². The summed E-state index contributed by atoms with van der Waals surface area (Å²) in [5.41, 5.74) is 1.55. The summed E-state index contributed by atoms with van der Waals surface area (Å²) in [5.74, 6) is -0.391. The third kappa shape index (κ3) is 3.63. The van der Waals surface area contributed by atoms with E-state index in [-0.39, 0.29) is 11.3 Å². The number of benzene rings is 2. The quantitative estimate of drug-likeness (QED) is 0.724. The molecule has 3 aromatic rings. The molecule has 0 aliphatic rings. The number of halogens is 1. The predicted octanol–water partition coefficient (Wildman–Crippen LogP) is 4.41. The van der Waals surface area contributed by atoms with Gasteiger partial charge in [-0.15, -0.1) is 0 Å². The molecule has 0 aliphatic carbocycles. The number of carbonyl (C=O) groups excluding carboxylic acids is 1. The molecular weight excluding hydrogens is 350 g/mol. The number of nitrogens with one attached hydrogen (secondary N) is 1. The van der Waals surface area contributed by atoms with Gasteiger partial charge >= 0.3 is 0 Å². The van der Waals surface area contributed by atoms with Gasteiger partial charge in [0.05, 0.1) is 16.1 Å². The molecule has 0 unspecified atom stereocenters. The fourth-order valence-corrected chi connectivity index (χ4v) is 3.05. The van der Waals surface area contributed by atoms with Crippen LogP contribution in [0.2, 0.25) is 5.02 Å². The molecule has 0 saturated heterocycles. The van der Waals surface area contributed by atoms with Crippen molar-refractivity contribution in [2.75, 3.05) is 5.32 Å². The Morgan fingerprint density at radius 2 is 1.92 bits per heavy atom. The highest BCUT2D eigenvalue weighted by molar-refractivity contribution is 6.34. The lowest BCUT2D eigenvalue weighted by atomic mass is 10.1. The van der Waals surface area contributed by atoms with Crippen LogP contribution in [0.4, 0.5) is 5.69 Å². The molecule has 1 amide bonds. The zero-order chi connectivity index (χ0) is 18.7. The van der Waals surface area contributed by atoms with Gasteiger partial charge < -0.3 is 5.32 Å². The van der Waals surface area contributed by atoms with Gasteiger partial charge in [0.1, 0.15) is 0 Å². The van der Waals surface area contributed by atoms with Crippen LogP contribution in [0.1, 0.15) is 35.8 Å². The Morgan fingerprint density at radius 3 is 2.62 bits per heavy atom. The van der Waals surface area contributed by atoms with Gasteiger partial charge in [-0.05, 0) is 37.1 Å². The average Bonchev–Trinajstić information content (AvgIpc) is 2.63. The van der Waals surface area contributed by atoms with Gasteiger partial charge in [-0.3, -0.25) is 9.59 Å². The Labute approximate surface area is 156 Å². The lowest BCUT2D eigenvalue weighted by Gasteiger charge is -2.12. The minimum Gasteiger partial charge on any atom is -0.319 e. The van der Waals surface area contributed by atoms with Gasteiger partial charge in [0, 0.05) is 11.9 Å². The Morgan fingerprint density at radius 1 is 1.19 bits per heavy atom. The zero-order valence-corrected chi connectivity index (χ0v) is 15.5. The Balaban J connectivity index is 2.06. The van der Waals surface area contributed by atoms with E-state index in [0.29, 0.717) is 28.0 Å². The summed E-state index contributed by atoms with van der Waals surface area (Å²) >= 11 is 6.21. The zero-order valence-electron chi connectivity index (χ0n) is 14.8. The summed E-state index contributed by atoms with van der Waals surface area (Å²) in [6.45, 7) is 4.45. The number of hydrogen-bond acceptors (Lipinski definition) is 3. The van der Waals surface area contributed by atoms with E-state index in [4.69, 9.17) is 11.6 Å². The summed E-state index contributed by atoms with van der Waals surface area (Å²) in [7, 11) is 0. The topological polar surface area (TPSA) is 64.0 Å². The molecule has 1 aromatic heterocycles. The van der Waals surface area contributed by atoms with Crippen molar-refractivity contribution in [2.45, 2.75) is 33.2 Å². The second kappa shape index (κ2) is 7.70. The Hall–Kier alpha value is -2.66. The van der Waals surface area contributed by atoms with E-state index in [9.17, 15) is 9.59 Å². The molecule has 2 aromatic carbocycles. The van der Waals surface area contributed by atoms with Gasteiger partial charge in [0.2, 0.25) is 0 Å². The van der Waals surface area contributed by atoms with Crippen molar-refractivity contribution in [3.63, 3.8) is 0 Å². The summed E-state index contributed by atoms with van der Waals surface area (Å²) in [4.78, 5) is 25.5. The minimum absolute atomic E-state index is 0.182. The fraction of sp³-hybridized carbons (Fsp3) is 0.250. The standard InChI is InChI=1S/C20H20ClN3O2/c1-3-4-11-24-20(26)15-8-6-5-7-14(15)18(23-24)19(25)22-17-10-9-13(2)12-16(17)21/h5-10,12H,3-4,11H2,1-2H3,(H,22,25). The molecule has 0 saturated carbocycles. The third-order valence-corrected chi connectivity index (χ3v) is 4.49. The number of aryl methyl sites for hydroxylation is 2. The largest absolute Gasteiger partial charge is 0.319 e. The lowest BCUT2D eigenvalue weighted by Crippen LogP contribution is -2.27. The number of nitrogens with zero attached hydrogens (tertiary/aromatic N) is 2. The van der Waals surface area contributed by atoms with E-state index >= 15 is 0 Å². The molecule has 0 spiro atoms. The number of anilines is 1. The SMILES string of the molecule is CCCCn1nc(C(=O)Nc2ccc(C)cc2Cl)c2ccccc2c1=O. The maximum absolute atomic E-state index is 12.9. The van der Waals surface area contributed by atoms with Crippen LogP contribution in [-0.2, 0) is 6.54 Å². The van der Waals surface area contributed by atoms with Crippen LogP contribution < -0.4 is 10.9 Å². The van der Waals surface area contributed by atoms with E-state index in [1.165, 1.54) is 4.68 Å². The van der Waals surface area contributed by atoms with E-state index in [0.717, 1.165) is 18.4 Å². The molecule has 6 heteroatoms. The maximum Gasteiger partial charge on any atom is 0.276 e. The summed E-state index contributed by atoms with van der Waals surface area (Å²) in [6, 6.07) is 12.4. The Kier molecular flexibility index (Phi) is 5.38. The number of amides is 1. The van der Waals surface area contributed by atoms with Gasteiger partial charge in [0.15, 0.2) is 5.69 Å². The second-order valence-corrected chi connectivity index (χ2v) is 6.62. The maximum atomic E-state index is 12.9. The number of rotatable bonds is 5. The number of unbranched alkanes of at least 4 members (excludes halogenated alkanes) is 1.